The van der Waals surface area contributed by atoms with Crippen LogP contribution >= 0.6 is 15.9 Å². The highest BCUT2D eigenvalue weighted by Crippen LogP contribution is 2.45. The third-order valence-corrected chi connectivity index (χ3v) is 8.51. The Bertz CT molecular complexity index is 1810. The Labute approximate surface area is 286 Å². The number of aliphatic imine (C=N–C) groups is 1. The second-order valence-corrected chi connectivity index (χ2v) is 11.6. The molecule has 2 atom stereocenters. The maximum absolute atomic E-state index is 14.6. The molecule has 0 bridgehead atoms. The van der Waals surface area contributed by atoms with Crippen molar-refractivity contribution in [1.82, 2.24) is 10.9 Å². The van der Waals surface area contributed by atoms with Crippen LogP contribution in [0, 0.1) is 0 Å². The van der Waals surface area contributed by atoms with Crippen LogP contribution in [0.3, 0.4) is 0 Å². The summed E-state index contributed by atoms with van der Waals surface area (Å²) in [7, 11) is 3.11. The predicted octanol–water partition coefficient (Wildman–Crippen LogP) is 6.49. The van der Waals surface area contributed by atoms with Gasteiger partial charge in [0, 0.05) is 57.8 Å². The normalized spacial score (nSPS) is 16.7. The molecule has 0 saturated carbocycles. The number of hydrogen-bond acceptors (Lipinski definition) is 9. The van der Waals surface area contributed by atoms with Crippen molar-refractivity contribution in [2.75, 3.05) is 27.4 Å². The third-order valence-electron chi connectivity index (χ3n) is 7.79. The van der Waals surface area contributed by atoms with E-state index in [0.717, 1.165) is 10.0 Å². The summed E-state index contributed by atoms with van der Waals surface area (Å²) in [4.78, 5) is 22.7. The number of halogens is 1. The summed E-state index contributed by atoms with van der Waals surface area (Å²) in [5.41, 5.74) is 16.7. The molecule has 13 heteroatoms. The van der Waals surface area contributed by atoms with Gasteiger partial charge in [-0.15, -0.1) is 0 Å². The number of benzene rings is 4. The standard InChI is InChI=1S/C35H35BrN6O6/c1-45-30-14-7-10-25(31(30)46-2)22-38-41-34(44)35(21-24-9-3-6-13-29(24)40-42-37)32(27-11-4-5-12-28(27)36)48-33(39-35)23-15-17-26(18-16-23)47-20-8-19-43/h3-7,9-18,32,38,43H,8,19-22H2,1-2H3,(H,41,44)/t32-,35-/m0/s1. The van der Waals surface area contributed by atoms with Crippen molar-refractivity contribution in [3.8, 4) is 17.2 Å². The number of rotatable bonds is 15. The molecular weight excluding hydrogens is 680 g/mol. The Hall–Kier alpha value is -5.07. The number of nitrogens with zero attached hydrogens (tertiary/aromatic N) is 4. The quantitative estimate of drug-likeness (QED) is 0.0417. The first-order valence-corrected chi connectivity index (χ1v) is 15.9. The predicted molar refractivity (Wildman–Crippen MR) is 184 cm³/mol. The van der Waals surface area contributed by atoms with Crippen LogP contribution in [-0.2, 0) is 22.5 Å². The number of amides is 1. The molecule has 1 heterocycles. The lowest BCUT2D eigenvalue weighted by Crippen LogP contribution is -2.53. The molecule has 0 unspecified atom stereocenters. The average Bonchev–Trinajstić information content (AvgIpc) is 3.49. The maximum atomic E-state index is 14.6. The SMILES string of the molecule is COc1cccc(CNNC(=O)[C@@]2(Cc3ccccc3N=[N+]=[N-])N=C(c3ccc(OCCCO)cc3)O[C@H]2c2ccccc2Br)c1OC. The Balaban J connectivity index is 1.57. The summed E-state index contributed by atoms with van der Waals surface area (Å²) in [6.45, 7) is 0.625. The highest BCUT2D eigenvalue weighted by molar-refractivity contribution is 9.10. The fourth-order valence-electron chi connectivity index (χ4n) is 5.46. The van der Waals surface area contributed by atoms with Gasteiger partial charge < -0.3 is 24.1 Å². The topological polar surface area (TPSA) is 159 Å². The third kappa shape index (κ3) is 7.56. The average molecular weight is 716 g/mol. The van der Waals surface area contributed by atoms with Gasteiger partial charge in [-0.05, 0) is 47.5 Å². The van der Waals surface area contributed by atoms with Crippen molar-refractivity contribution in [3.05, 3.63) is 128 Å². The molecule has 0 saturated heterocycles. The summed E-state index contributed by atoms with van der Waals surface area (Å²) >= 11 is 3.66. The Morgan fingerprint density at radius 1 is 1.02 bits per heavy atom. The number of aliphatic hydroxyl groups excluding tert-OH is 1. The number of ether oxygens (including phenoxy) is 4. The maximum Gasteiger partial charge on any atom is 0.266 e. The van der Waals surface area contributed by atoms with Crippen molar-refractivity contribution < 1.29 is 28.8 Å². The molecule has 0 aromatic heterocycles. The molecule has 0 radical (unpaired) electrons. The minimum atomic E-state index is -1.57. The van der Waals surface area contributed by atoms with E-state index in [1.165, 1.54) is 0 Å². The Kier molecular flexibility index (Phi) is 11.5. The zero-order valence-corrected chi connectivity index (χ0v) is 28.0. The van der Waals surface area contributed by atoms with E-state index in [4.69, 9.17) is 29.0 Å². The van der Waals surface area contributed by atoms with Gasteiger partial charge in [0.1, 0.15) is 5.75 Å². The second kappa shape index (κ2) is 16.2. The number of carbonyl (C=O) groups is 1. The van der Waals surface area contributed by atoms with Gasteiger partial charge in [-0.1, -0.05) is 75.6 Å². The first kappa shape index (κ1) is 34.3. The van der Waals surface area contributed by atoms with E-state index in [-0.39, 0.29) is 25.5 Å². The monoisotopic (exact) mass is 714 g/mol. The smallest absolute Gasteiger partial charge is 0.266 e. The van der Waals surface area contributed by atoms with Gasteiger partial charge in [-0.25, -0.2) is 10.4 Å². The van der Waals surface area contributed by atoms with Crippen LogP contribution in [0.1, 0.15) is 34.8 Å². The van der Waals surface area contributed by atoms with Crippen molar-refractivity contribution in [2.24, 2.45) is 10.1 Å². The van der Waals surface area contributed by atoms with Gasteiger partial charge in [-0.2, -0.15) is 0 Å². The Morgan fingerprint density at radius 3 is 2.50 bits per heavy atom. The fraction of sp³-hybridized carbons (Fsp3) is 0.257. The summed E-state index contributed by atoms with van der Waals surface area (Å²) in [5.74, 6) is 1.51. The molecule has 0 spiro atoms. The second-order valence-electron chi connectivity index (χ2n) is 10.8. The van der Waals surface area contributed by atoms with Crippen LogP contribution in [0.2, 0.25) is 0 Å². The lowest BCUT2D eigenvalue weighted by atomic mass is 9.81. The van der Waals surface area contributed by atoms with Gasteiger partial charge in [0.15, 0.2) is 23.1 Å². The molecule has 1 aliphatic rings. The van der Waals surface area contributed by atoms with Crippen LogP contribution in [0.4, 0.5) is 5.69 Å². The molecular formula is C35H35BrN6O6. The number of hydrazine groups is 1. The van der Waals surface area contributed by atoms with Crippen LogP contribution in [0.25, 0.3) is 10.4 Å². The molecule has 4 aromatic carbocycles. The van der Waals surface area contributed by atoms with Gasteiger partial charge in [0.25, 0.3) is 5.91 Å². The van der Waals surface area contributed by atoms with Gasteiger partial charge in [0.2, 0.25) is 5.90 Å². The van der Waals surface area contributed by atoms with E-state index in [1.807, 2.05) is 42.5 Å². The fourth-order valence-corrected chi connectivity index (χ4v) is 5.96. The van der Waals surface area contributed by atoms with E-state index < -0.39 is 17.6 Å². The summed E-state index contributed by atoms with van der Waals surface area (Å²) in [6, 6.07) is 27.2. The molecule has 1 amide bonds. The number of azide groups is 1. The number of hydrogen-bond donors (Lipinski definition) is 3. The molecule has 48 heavy (non-hydrogen) atoms. The molecule has 4 aromatic rings. The number of para-hydroxylation sites is 1. The van der Waals surface area contributed by atoms with Crippen LogP contribution in [0.5, 0.6) is 17.2 Å². The summed E-state index contributed by atoms with van der Waals surface area (Å²) in [5, 5.41) is 13.0. The molecule has 3 N–H and O–H groups in total. The summed E-state index contributed by atoms with van der Waals surface area (Å²) < 4.78 is 24.0. The Morgan fingerprint density at radius 2 is 1.77 bits per heavy atom. The molecule has 0 aliphatic carbocycles. The van der Waals surface area contributed by atoms with E-state index >= 15 is 0 Å². The highest BCUT2D eigenvalue weighted by Gasteiger charge is 2.54. The minimum Gasteiger partial charge on any atom is -0.494 e. The molecule has 248 valence electrons. The van der Waals surface area contributed by atoms with Gasteiger partial charge >= 0.3 is 0 Å². The number of nitrogens with one attached hydrogen (secondary N) is 2. The summed E-state index contributed by atoms with van der Waals surface area (Å²) in [6.07, 6.45) is -0.342. The minimum absolute atomic E-state index is 0.0358. The van der Waals surface area contributed by atoms with E-state index in [2.05, 4.69) is 36.8 Å². The molecule has 5 rings (SSSR count). The van der Waals surface area contributed by atoms with Crippen molar-refractivity contribution in [2.45, 2.75) is 31.0 Å². The molecule has 1 aliphatic heterocycles. The lowest BCUT2D eigenvalue weighted by Gasteiger charge is -2.31. The number of methoxy groups -OCH3 is 2. The zero-order valence-electron chi connectivity index (χ0n) is 26.4. The van der Waals surface area contributed by atoms with Gasteiger partial charge in [0.05, 0.1) is 20.8 Å². The van der Waals surface area contributed by atoms with Crippen molar-refractivity contribution in [3.63, 3.8) is 0 Å². The number of carbonyl (C=O) groups excluding carboxylic acids is 1. The van der Waals surface area contributed by atoms with Crippen molar-refractivity contribution in [1.29, 1.82) is 0 Å². The highest BCUT2D eigenvalue weighted by atomic mass is 79.9. The number of aliphatic hydroxyl groups is 1. The molecule has 12 nitrogen and oxygen atoms in total. The van der Waals surface area contributed by atoms with E-state index in [1.54, 1.807) is 62.8 Å². The van der Waals surface area contributed by atoms with Crippen LogP contribution < -0.4 is 25.1 Å². The van der Waals surface area contributed by atoms with Gasteiger partial charge in [-0.3, -0.25) is 10.2 Å². The van der Waals surface area contributed by atoms with E-state index in [0.29, 0.717) is 52.7 Å². The first-order chi connectivity index (χ1) is 23.4. The van der Waals surface area contributed by atoms with Crippen LogP contribution in [0.15, 0.2) is 106 Å². The van der Waals surface area contributed by atoms with E-state index in [9.17, 15) is 10.3 Å². The lowest BCUT2D eigenvalue weighted by molar-refractivity contribution is -0.130. The van der Waals surface area contributed by atoms with Crippen LogP contribution in [-0.4, -0.2) is 49.9 Å². The largest absolute Gasteiger partial charge is 0.494 e. The molecule has 0 fully saturated rings. The zero-order chi connectivity index (χ0) is 33.9. The first-order valence-electron chi connectivity index (χ1n) is 15.1. The van der Waals surface area contributed by atoms with Crippen molar-refractivity contribution >= 4 is 33.4 Å².